The fourth-order valence-electron chi connectivity index (χ4n) is 7.06. The molecule has 2 aliphatic heterocycles. The first-order chi connectivity index (χ1) is 16.4. The first-order valence-electron chi connectivity index (χ1n) is 13.2. The van der Waals surface area contributed by atoms with E-state index in [0.717, 1.165) is 12.8 Å². The minimum absolute atomic E-state index is 0.0350. The Morgan fingerprint density at radius 1 is 0.758 bits per heavy atom. The Morgan fingerprint density at radius 2 is 1.36 bits per heavy atom. The average Bonchev–Trinajstić information content (AvgIpc) is 3.52. The van der Waals surface area contributed by atoms with Gasteiger partial charge in [-0.25, -0.2) is 0 Å². The Labute approximate surface area is 200 Å². The zero-order chi connectivity index (χ0) is 23.6. The lowest BCUT2D eigenvalue weighted by Crippen LogP contribution is -2.37. The Kier molecular flexibility index (Phi) is 4.83. The van der Waals surface area contributed by atoms with Crippen molar-refractivity contribution in [2.24, 2.45) is 5.92 Å². The molecular weight excluding hydrogens is 400 g/mol. The minimum Gasteiger partial charge on any atom is -0.347 e. The molecule has 0 aromatic heterocycles. The topological polar surface area (TPSA) is 6.48 Å². The van der Waals surface area contributed by atoms with Crippen LogP contribution in [0.3, 0.4) is 0 Å². The van der Waals surface area contributed by atoms with Crippen LogP contribution in [0.5, 0.6) is 0 Å². The molecule has 0 spiro atoms. The summed E-state index contributed by atoms with van der Waals surface area (Å²) in [5.41, 5.74) is 9.23. The van der Waals surface area contributed by atoms with Crippen LogP contribution in [-0.4, -0.2) is 10.9 Å². The number of aryl methyl sites for hydroxylation is 3. The molecular formula is C31H36N2. The van der Waals surface area contributed by atoms with Gasteiger partial charge in [0.15, 0.2) is 0 Å². The van der Waals surface area contributed by atoms with E-state index in [1.54, 1.807) is 0 Å². The molecule has 1 aliphatic carbocycles. The van der Waals surface area contributed by atoms with Crippen molar-refractivity contribution in [2.45, 2.75) is 77.6 Å². The lowest BCUT2D eigenvalue weighted by molar-refractivity contribution is 0.107. The Morgan fingerprint density at radius 3 is 2.06 bits per heavy atom. The van der Waals surface area contributed by atoms with Crippen LogP contribution in [0.25, 0.3) is 0 Å². The van der Waals surface area contributed by atoms with E-state index in [4.69, 9.17) is 0 Å². The summed E-state index contributed by atoms with van der Waals surface area (Å²) in [5, 5.41) is 0. The molecule has 3 unspecified atom stereocenters. The van der Waals surface area contributed by atoms with Gasteiger partial charge in [0.1, 0.15) is 6.17 Å². The summed E-state index contributed by atoms with van der Waals surface area (Å²) in [6.07, 6.45) is 4.83. The van der Waals surface area contributed by atoms with Crippen LogP contribution < -0.4 is 4.90 Å². The van der Waals surface area contributed by atoms with Gasteiger partial charge in [0.25, 0.3) is 0 Å². The van der Waals surface area contributed by atoms with E-state index in [1.807, 2.05) is 0 Å². The molecule has 0 radical (unpaired) electrons. The zero-order valence-electron chi connectivity index (χ0n) is 21.4. The molecule has 0 bridgehead atoms. The van der Waals surface area contributed by atoms with Gasteiger partial charge in [0.05, 0.1) is 7.41 Å². The Bertz CT molecular complexity index is 1210. The number of hydrogen-bond acceptors (Lipinski definition) is 2. The SMILES string of the molecule is [2H]C1(C2CCCC2)c2ccccc2C2[C@H](C)N(c3ccccc3C)C(c3c(C)cccc3C)N21. The number of anilines is 1. The lowest BCUT2D eigenvalue weighted by atomic mass is 9.89. The van der Waals surface area contributed by atoms with Crippen molar-refractivity contribution in [3.63, 3.8) is 0 Å². The van der Waals surface area contributed by atoms with Gasteiger partial charge >= 0.3 is 0 Å². The van der Waals surface area contributed by atoms with Gasteiger partial charge in [-0.2, -0.15) is 0 Å². The van der Waals surface area contributed by atoms with Gasteiger partial charge in [-0.05, 0) is 85.9 Å². The van der Waals surface area contributed by atoms with Gasteiger partial charge in [-0.1, -0.05) is 73.5 Å². The van der Waals surface area contributed by atoms with E-state index in [0.29, 0.717) is 5.92 Å². The smallest absolute Gasteiger partial charge is 0.110 e. The van der Waals surface area contributed by atoms with Crippen LogP contribution in [0, 0.1) is 26.7 Å². The van der Waals surface area contributed by atoms with Crippen LogP contribution in [-0.2, 0) is 0 Å². The maximum absolute atomic E-state index is 10.3. The molecule has 1 saturated heterocycles. The van der Waals surface area contributed by atoms with Crippen molar-refractivity contribution >= 4 is 5.69 Å². The molecule has 3 aliphatic rings. The molecule has 3 aromatic rings. The van der Waals surface area contributed by atoms with Crippen molar-refractivity contribution in [3.8, 4) is 0 Å². The third kappa shape index (κ3) is 3.10. The molecule has 2 heterocycles. The fraction of sp³-hybridized carbons (Fsp3) is 0.419. The molecule has 1 saturated carbocycles. The van der Waals surface area contributed by atoms with Crippen molar-refractivity contribution in [2.75, 3.05) is 4.90 Å². The molecule has 2 heteroatoms. The number of para-hydroxylation sites is 1. The van der Waals surface area contributed by atoms with Crippen molar-refractivity contribution in [3.05, 3.63) is 100 Å². The average molecular weight is 438 g/mol. The maximum Gasteiger partial charge on any atom is 0.110 e. The van der Waals surface area contributed by atoms with Crippen LogP contribution in [0.15, 0.2) is 66.7 Å². The molecule has 6 rings (SSSR count). The zero-order valence-corrected chi connectivity index (χ0v) is 20.4. The molecule has 0 amide bonds. The van der Waals surface area contributed by atoms with Crippen molar-refractivity contribution < 1.29 is 1.37 Å². The van der Waals surface area contributed by atoms with Crippen molar-refractivity contribution in [1.29, 1.82) is 0 Å². The van der Waals surface area contributed by atoms with E-state index < -0.39 is 6.02 Å². The fourth-order valence-corrected chi connectivity index (χ4v) is 7.06. The molecule has 33 heavy (non-hydrogen) atoms. The van der Waals surface area contributed by atoms with Crippen LogP contribution in [0.1, 0.15) is 85.6 Å². The minimum atomic E-state index is -0.706. The summed E-state index contributed by atoms with van der Waals surface area (Å²) in [7, 11) is 0. The third-order valence-corrected chi connectivity index (χ3v) is 8.49. The summed E-state index contributed by atoms with van der Waals surface area (Å²) in [6.45, 7) is 9.11. The largest absolute Gasteiger partial charge is 0.347 e. The first-order valence-corrected chi connectivity index (χ1v) is 12.7. The van der Waals surface area contributed by atoms with Crippen LogP contribution in [0.2, 0.25) is 0 Å². The van der Waals surface area contributed by atoms with E-state index in [2.05, 4.69) is 104 Å². The van der Waals surface area contributed by atoms with Gasteiger partial charge in [0, 0.05) is 17.7 Å². The second-order valence-electron chi connectivity index (χ2n) is 10.4. The lowest BCUT2D eigenvalue weighted by Gasteiger charge is -2.40. The van der Waals surface area contributed by atoms with E-state index in [-0.39, 0.29) is 18.2 Å². The second kappa shape index (κ2) is 8.02. The van der Waals surface area contributed by atoms with E-state index >= 15 is 0 Å². The number of fused-ring (bicyclic) bond motifs is 3. The molecule has 2 nitrogen and oxygen atoms in total. The number of hydrogen-bond donors (Lipinski definition) is 0. The first kappa shape index (κ1) is 19.9. The van der Waals surface area contributed by atoms with Crippen LogP contribution in [0.4, 0.5) is 5.69 Å². The highest BCUT2D eigenvalue weighted by Gasteiger charge is 2.56. The summed E-state index contributed by atoms with van der Waals surface area (Å²) >= 11 is 0. The predicted octanol–water partition coefficient (Wildman–Crippen LogP) is 7.81. The van der Waals surface area contributed by atoms with Gasteiger partial charge in [-0.15, -0.1) is 0 Å². The molecule has 170 valence electrons. The van der Waals surface area contributed by atoms with Crippen LogP contribution >= 0.6 is 0 Å². The third-order valence-electron chi connectivity index (χ3n) is 8.49. The highest BCUT2D eigenvalue weighted by molar-refractivity contribution is 5.60. The Hall–Kier alpha value is -2.58. The summed E-state index contributed by atoms with van der Waals surface area (Å²) in [5.74, 6) is 0.370. The molecule has 4 atom stereocenters. The monoisotopic (exact) mass is 437 g/mol. The van der Waals surface area contributed by atoms with Crippen molar-refractivity contribution in [1.82, 2.24) is 4.90 Å². The molecule has 3 aromatic carbocycles. The quantitative estimate of drug-likeness (QED) is 0.412. The van der Waals surface area contributed by atoms with Gasteiger partial charge < -0.3 is 4.90 Å². The Balaban J connectivity index is 1.64. The standard InChI is InChI=1S/C31H36N2/c1-20-12-5-10-19-27(20)32-23(4)29-25-17-8-9-18-26(25)30(24-15-6-7-16-24)33(29)31(32)28-21(2)13-11-14-22(28)3/h5,8-14,17-19,23-24,29-31H,6-7,15-16H2,1-4H3/t23-,29?,30?,31?/m0/s1/i30D. The summed E-state index contributed by atoms with van der Waals surface area (Å²) in [6, 6.07) is 24.1. The second-order valence-corrected chi connectivity index (χ2v) is 10.4. The van der Waals surface area contributed by atoms with Gasteiger partial charge in [-0.3, -0.25) is 4.90 Å². The summed E-state index contributed by atoms with van der Waals surface area (Å²) in [4.78, 5) is 5.27. The van der Waals surface area contributed by atoms with Gasteiger partial charge in [0.2, 0.25) is 0 Å². The number of benzene rings is 3. The normalized spacial score (nSPS) is 29.9. The van der Waals surface area contributed by atoms with E-state index in [9.17, 15) is 1.37 Å². The highest BCUT2D eigenvalue weighted by Crippen LogP contribution is 2.61. The molecule has 0 N–H and O–H groups in total. The summed E-state index contributed by atoms with van der Waals surface area (Å²) < 4.78 is 10.3. The van der Waals surface area contributed by atoms with E-state index in [1.165, 1.54) is 51.9 Å². The number of rotatable bonds is 3. The highest BCUT2D eigenvalue weighted by atomic mass is 15.5. The maximum atomic E-state index is 10.3. The predicted molar refractivity (Wildman–Crippen MR) is 137 cm³/mol. The number of nitrogens with zero attached hydrogens (tertiary/aromatic N) is 2. The molecule has 2 fully saturated rings.